The molecule has 0 saturated heterocycles. The molecule has 6 heteroatoms. The van der Waals surface area contributed by atoms with Gasteiger partial charge in [0.2, 0.25) is 5.91 Å². The summed E-state index contributed by atoms with van der Waals surface area (Å²) in [6.07, 6.45) is -0.556. The minimum atomic E-state index is -1.22. The maximum atomic E-state index is 11.8. The van der Waals surface area contributed by atoms with E-state index in [0.717, 1.165) is 11.3 Å². The highest BCUT2D eigenvalue weighted by molar-refractivity contribution is 5.88. The monoisotopic (exact) mass is 280 g/mol. The highest BCUT2D eigenvalue weighted by Crippen LogP contribution is 2.11. The lowest BCUT2D eigenvalue weighted by atomic mass is 10.0. The van der Waals surface area contributed by atoms with E-state index in [1.54, 1.807) is 7.11 Å². The van der Waals surface area contributed by atoms with Crippen LogP contribution in [-0.4, -0.2) is 36.3 Å². The molecule has 1 aromatic carbocycles. The van der Waals surface area contributed by atoms with Crippen LogP contribution in [-0.2, 0) is 11.2 Å². The van der Waals surface area contributed by atoms with Crippen molar-refractivity contribution in [1.29, 1.82) is 0 Å². The highest BCUT2D eigenvalue weighted by atomic mass is 16.5. The number of ether oxygens (including phenoxy) is 1. The predicted octanol–water partition coefficient (Wildman–Crippen LogP) is 1.40. The number of carbonyl (C=O) groups excluding carboxylic acids is 1. The van der Waals surface area contributed by atoms with Gasteiger partial charge in [0.25, 0.3) is 0 Å². The molecule has 2 amide bonds. The van der Waals surface area contributed by atoms with Crippen LogP contribution in [0.15, 0.2) is 24.3 Å². The normalized spacial score (nSPS) is 10.8. The minimum absolute atomic E-state index is 0.353. The van der Waals surface area contributed by atoms with E-state index in [1.807, 2.05) is 24.3 Å². The summed E-state index contributed by atoms with van der Waals surface area (Å²) in [4.78, 5) is 22.4. The molecule has 0 atom stereocenters. The number of carboxylic acid groups (broad SMARTS) is 1. The zero-order valence-electron chi connectivity index (χ0n) is 11.9. The SMILES string of the molecule is COc1ccc(CCNC(=O)C(C)(C)NC(=O)O)cc1. The molecule has 0 fully saturated rings. The minimum Gasteiger partial charge on any atom is -0.497 e. The van der Waals surface area contributed by atoms with E-state index in [0.29, 0.717) is 13.0 Å². The summed E-state index contributed by atoms with van der Waals surface area (Å²) in [6.45, 7) is 3.48. The number of hydrogen-bond acceptors (Lipinski definition) is 3. The van der Waals surface area contributed by atoms with Crippen LogP contribution < -0.4 is 15.4 Å². The Labute approximate surface area is 118 Å². The number of methoxy groups -OCH3 is 1. The first-order valence-electron chi connectivity index (χ1n) is 6.27. The molecular weight excluding hydrogens is 260 g/mol. The van der Waals surface area contributed by atoms with Crippen LogP contribution in [0.25, 0.3) is 0 Å². The van der Waals surface area contributed by atoms with E-state index < -0.39 is 11.6 Å². The number of amides is 2. The van der Waals surface area contributed by atoms with Gasteiger partial charge in [-0.05, 0) is 38.0 Å². The summed E-state index contributed by atoms with van der Waals surface area (Å²) in [6, 6.07) is 7.55. The summed E-state index contributed by atoms with van der Waals surface area (Å²) in [5.41, 5.74) is -0.0822. The van der Waals surface area contributed by atoms with Crippen molar-refractivity contribution in [3.8, 4) is 5.75 Å². The molecule has 0 aliphatic heterocycles. The van der Waals surface area contributed by atoms with Gasteiger partial charge in [0.1, 0.15) is 11.3 Å². The van der Waals surface area contributed by atoms with Gasteiger partial charge in [-0.15, -0.1) is 0 Å². The van der Waals surface area contributed by atoms with Crippen LogP contribution in [0.5, 0.6) is 5.75 Å². The molecule has 6 nitrogen and oxygen atoms in total. The maximum absolute atomic E-state index is 11.8. The molecule has 3 N–H and O–H groups in total. The smallest absolute Gasteiger partial charge is 0.405 e. The fraction of sp³-hybridized carbons (Fsp3) is 0.429. The molecule has 1 aromatic rings. The third-order valence-corrected chi connectivity index (χ3v) is 2.85. The van der Waals surface area contributed by atoms with Crippen molar-refractivity contribution in [2.45, 2.75) is 25.8 Å². The zero-order valence-corrected chi connectivity index (χ0v) is 11.9. The van der Waals surface area contributed by atoms with Crippen molar-refractivity contribution in [2.75, 3.05) is 13.7 Å². The Hall–Kier alpha value is -2.24. The number of nitrogens with one attached hydrogen (secondary N) is 2. The second-order valence-corrected chi connectivity index (χ2v) is 4.91. The first-order valence-corrected chi connectivity index (χ1v) is 6.27. The number of hydrogen-bond donors (Lipinski definition) is 3. The first kappa shape index (κ1) is 15.8. The highest BCUT2D eigenvalue weighted by Gasteiger charge is 2.28. The van der Waals surface area contributed by atoms with Gasteiger partial charge in [-0.1, -0.05) is 12.1 Å². The van der Waals surface area contributed by atoms with Crippen LogP contribution in [0.2, 0.25) is 0 Å². The van der Waals surface area contributed by atoms with E-state index in [2.05, 4.69) is 10.6 Å². The lowest BCUT2D eigenvalue weighted by molar-refractivity contribution is -0.126. The van der Waals surface area contributed by atoms with Gasteiger partial charge < -0.3 is 20.5 Å². The van der Waals surface area contributed by atoms with Gasteiger partial charge in [0.15, 0.2) is 0 Å². The van der Waals surface area contributed by atoms with Crippen LogP contribution in [0, 0.1) is 0 Å². The number of carbonyl (C=O) groups is 2. The maximum Gasteiger partial charge on any atom is 0.405 e. The number of rotatable bonds is 6. The molecule has 1 rings (SSSR count). The third kappa shape index (κ3) is 4.79. The fourth-order valence-corrected chi connectivity index (χ4v) is 1.66. The first-order chi connectivity index (χ1) is 9.35. The van der Waals surface area contributed by atoms with Gasteiger partial charge in [0.05, 0.1) is 7.11 Å². The molecule has 0 aromatic heterocycles. The van der Waals surface area contributed by atoms with Crippen molar-refractivity contribution >= 4 is 12.0 Å². The van der Waals surface area contributed by atoms with Crippen LogP contribution in [0.4, 0.5) is 4.79 Å². The average molecular weight is 280 g/mol. The molecule has 0 aliphatic rings. The Morgan fingerprint density at radius 2 is 1.85 bits per heavy atom. The Kier molecular flexibility index (Phi) is 5.37. The van der Waals surface area contributed by atoms with Crippen molar-refractivity contribution in [3.05, 3.63) is 29.8 Å². The Morgan fingerprint density at radius 3 is 2.35 bits per heavy atom. The third-order valence-electron chi connectivity index (χ3n) is 2.85. The summed E-state index contributed by atoms with van der Waals surface area (Å²) < 4.78 is 5.06. The van der Waals surface area contributed by atoms with E-state index in [1.165, 1.54) is 13.8 Å². The topological polar surface area (TPSA) is 87.7 Å². The van der Waals surface area contributed by atoms with Gasteiger partial charge in [-0.2, -0.15) is 0 Å². The van der Waals surface area contributed by atoms with Crippen LogP contribution >= 0.6 is 0 Å². The van der Waals surface area contributed by atoms with Gasteiger partial charge in [0, 0.05) is 6.54 Å². The second kappa shape index (κ2) is 6.79. The van der Waals surface area contributed by atoms with E-state index in [-0.39, 0.29) is 5.91 Å². The molecule has 0 bridgehead atoms. The van der Waals surface area contributed by atoms with Gasteiger partial charge in [-0.3, -0.25) is 4.79 Å². The van der Waals surface area contributed by atoms with E-state index in [4.69, 9.17) is 9.84 Å². The largest absolute Gasteiger partial charge is 0.497 e. The summed E-state index contributed by atoms with van der Waals surface area (Å²) >= 11 is 0. The van der Waals surface area contributed by atoms with E-state index >= 15 is 0 Å². The average Bonchev–Trinajstić information content (AvgIpc) is 2.38. The molecule has 110 valence electrons. The number of benzene rings is 1. The molecule has 20 heavy (non-hydrogen) atoms. The lowest BCUT2D eigenvalue weighted by Gasteiger charge is -2.23. The summed E-state index contributed by atoms with van der Waals surface area (Å²) in [5, 5.41) is 13.5. The molecule has 0 heterocycles. The molecule has 0 unspecified atom stereocenters. The summed E-state index contributed by atoms with van der Waals surface area (Å²) in [7, 11) is 1.60. The summed E-state index contributed by atoms with van der Waals surface area (Å²) in [5.74, 6) is 0.429. The van der Waals surface area contributed by atoms with Gasteiger partial charge >= 0.3 is 6.09 Å². The van der Waals surface area contributed by atoms with Crippen LogP contribution in [0.3, 0.4) is 0 Å². The quantitative estimate of drug-likeness (QED) is 0.735. The lowest BCUT2D eigenvalue weighted by Crippen LogP contribution is -2.54. The Bertz CT molecular complexity index is 469. The van der Waals surface area contributed by atoms with E-state index in [9.17, 15) is 9.59 Å². The zero-order chi connectivity index (χ0) is 15.2. The Balaban J connectivity index is 2.43. The molecule has 0 saturated carbocycles. The van der Waals surface area contributed by atoms with Crippen molar-refractivity contribution in [3.63, 3.8) is 0 Å². The standard InChI is InChI=1S/C14H20N2O4/c1-14(2,16-13(18)19)12(17)15-9-8-10-4-6-11(20-3)7-5-10/h4-7,16H,8-9H2,1-3H3,(H,15,17)(H,18,19). The molecule has 0 radical (unpaired) electrons. The molecular formula is C14H20N2O4. The van der Waals surface area contributed by atoms with Crippen molar-refractivity contribution in [2.24, 2.45) is 0 Å². The van der Waals surface area contributed by atoms with Crippen molar-refractivity contribution < 1.29 is 19.4 Å². The predicted molar refractivity (Wildman–Crippen MR) is 74.9 cm³/mol. The van der Waals surface area contributed by atoms with Crippen molar-refractivity contribution in [1.82, 2.24) is 10.6 Å². The van der Waals surface area contributed by atoms with Gasteiger partial charge in [-0.25, -0.2) is 4.79 Å². The fourth-order valence-electron chi connectivity index (χ4n) is 1.66. The van der Waals surface area contributed by atoms with Crippen LogP contribution in [0.1, 0.15) is 19.4 Å². The molecule has 0 aliphatic carbocycles. The second-order valence-electron chi connectivity index (χ2n) is 4.91. The molecule has 0 spiro atoms. The Morgan fingerprint density at radius 1 is 1.25 bits per heavy atom.